The molecule has 1 N–H and O–H groups in total. The van der Waals surface area contributed by atoms with Crippen LogP contribution in [0.5, 0.6) is 5.75 Å². The molecular formula is C14H18ClF3N2O3S. The molecule has 0 spiro atoms. The second-order valence-corrected chi connectivity index (χ2v) is 7.70. The summed E-state index contributed by atoms with van der Waals surface area (Å²) in [5, 5.41) is 3.36. The molecule has 0 saturated carbocycles. The molecule has 5 nitrogen and oxygen atoms in total. The molecule has 1 aromatic carbocycles. The molecule has 2 bridgehead atoms. The number of halogens is 4. The molecule has 0 radical (unpaired) electrons. The summed E-state index contributed by atoms with van der Waals surface area (Å²) < 4.78 is 68.7. The van der Waals surface area contributed by atoms with Crippen LogP contribution in [0.3, 0.4) is 0 Å². The molecule has 24 heavy (non-hydrogen) atoms. The van der Waals surface area contributed by atoms with E-state index in [2.05, 4.69) is 10.1 Å². The number of nitrogens with zero attached hydrogens (tertiary/aromatic N) is 1. The summed E-state index contributed by atoms with van der Waals surface area (Å²) in [5.74, 6) is -1.80. The van der Waals surface area contributed by atoms with Crippen molar-refractivity contribution in [1.82, 2.24) is 9.62 Å². The van der Waals surface area contributed by atoms with E-state index in [0.717, 1.165) is 31.0 Å². The van der Waals surface area contributed by atoms with Gasteiger partial charge in [0, 0.05) is 25.2 Å². The number of fused-ring (bicyclic) bond motifs is 2. The first-order valence-corrected chi connectivity index (χ1v) is 8.81. The molecule has 0 aromatic heterocycles. The van der Waals surface area contributed by atoms with E-state index in [1.54, 1.807) is 0 Å². The van der Waals surface area contributed by atoms with E-state index in [4.69, 9.17) is 0 Å². The Morgan fingerprint density at radius 1 is 1.21 bits per heavy atom. The van der Waals surface area contributed by atoms with Crippen LogP contribution in [-0.4, -0.2) is 44.5 Å². The SMILES string of the molecule is Cl.O=S(=O)(c1ccc(OC(F)F)c(F)c1)N1CCC2CCC(C1)N2. The van der Waals surface area contributed by atoms with Crippen LogP contribution in [0.2, 0.25) is 0 Å². The molecule has 2 fully saturated rings. The first kappa shape index (κ1) is 19.3. The zero-order valence-electron chi connectivity index (χ0n) is 12.6. The van der Waals surface area contributed by atoms with E-state index in [0.29, 0.717) is 25.6 Å². The third-order valence-electron chi connectivity index (χ3n) is 4.24. The third-order valence-corrected chi connectivity index (χ3v) is 6.10. The lowest BCUT2D eigenvalue weighted by molar-refractivity contribution is -0.0522. The lowest BCUT2D eigenvalue weighted by Crippen LogP contribution is -2.39. The van der Waals surface area contributed by atoms with Crippen molar-refractivity contribution in [3.8, 4) is 5.75 Å². The second-order valence-electron chi connectivity index (χ2n) is 5.76. The summed E-state index contributed by atoms with van der Waals surface area (Å²) in [6, 6.07) is 3.15. The highest BCUT2D eigenvalue weighted by atomic mass is 35.5. The fraction of sp³-hybridized carbons (Fsp3) is 0.571. The molecule has 136 valence electrons. The Bertz CT molecular complexity index is 690. The van der Waals surface area contributed by atoms with Gasteiger partial charge in [-0.2, -0.15) is 13.1 Å². The average molecular weight is 387 g/mol. The molecule has 0 aliphatic carbocycles. The van der Waals surface area contributed by atoms with Crippen molar-refractivity contribution in [2.24, 2.45) is 0 Å². The van der Waals surface area contributed by atoms with Gasteiger partial charge in [0.1, 0.15) is 0 Å². The van der Waals surface area contributed by atoms with Gasteiger partial charge in [0.25, 0.3) is 0 Å². The van der Waals surface area contributed by atoms with Crippen LogP contribution in [-0.2, 0) is 10.0 Å². The van der Waals surface area contributed by atoms with Gasteiger partial charge in [0.2, 0.25) is 10.0 Å². The predicted molar refractivity (Wildman–Crippen MR) is 83.6 cm³/mol. The third kappa shape index (κ3) is 3.96. The summed E-state index contributed by atoms with van der Waals surface area (Å²) in [5.41, 5.74) is 0. The molecule has 0 amide bonds. The van der Waals surface area contributed by atoms with Gasteiger partial charge < -0.3 is 10.1 Å². The highest BCUT2D eigenvalue weighted by molar-refractivity contribution is 7.89. The molecule has 1 aromatic rings. The summed E-state index contributed by atoms with van der Waals surface area (Å²) >= 11 is 0. The molecule has 2 heterocycles. The van der Waals surface area contributed by atoms with Crippen molar-refractivity contribution in [3.05, 3.63) is 24.0 Å². The molecule has 2 saturated heterocycles. The molecule has 2 aliphatic rings. The van der Waals surface area contributed by atoms with Crippen molar-refractivity contribution in [3.63, 3.8) is 0 Å². The van der Waals surface area contributed by atoms with Gasteiger partial charge in [0.15, 0.2) is 11.6 Å². The Kier molecular flexibility index (Phi) is 6.00. The van der Waals surface area contributed by atoms with Crippen molar-refractivity contribution in [2.45, 2.75) is 42.9 Å². The lowest BCUT2D eigenvalue weighted by Gasteiger charge is -2.23. The minimum absolute atomic E-state index is 0. The quantitative estimate of drug-likeness (QED) is 0.863. The molecule has 10 heteroatoms. The van der Waals surface area contributed by atoms with E-state index in [-0.39, 0.29) is 23.3 Å². The highest BCUT2D eigenvalue weighted by Crippen LogP contribution is 2.28. The Hall–Kier alpha value is -1.03. The Morgan fingerprint density at radius 3 is 2.58 bits per heavy atom. The minimum Gasteiger partial charge on any atom is -0.432 e. The summed E-state index contributed by atoms with van der Waals surface area (Å²) in [6.45, 7) is -2.48. The van der Waals surface area contributed by atoms with Gasteiger partial charge in [-0.3, -0.25) is 0 Å². The zero-order chi connectivity index (χ0) is 16.6. The smallest absolute Gasteiger partial charge is 0.387 e. The monoisotopic (exact) mass is 386 g/mol. The molecule has 2 atom stereocenters. The van der Waals surface area contributed by atoms with Gasteiger partial charge in [-0.05, 0) is 37.5 Å². The number of hydrogen-bond donors (Lipinski definition) is 1. The fourth-order valence-electron chi connectivity index (χ4n) is 3.11. The van der Waals surface area contributed by atoms with Crippen LogP contribution < -0.4 is 10.1 Å². The number of nitrogens with one attached hydrogen (secondary N) is 1. The van der Waals surface area contributed by atoms with Gasteiger partial charge in [0.05, 0.1) is 4.90 Å². The van der Waals surface area contributed by atoms with E-state index >= 15 is 0 Å². The van der Waals surface area contributed by atoms with E-state index in [1.807, 2.05) is 0 Å². The Morgan fingerprint density at radius 2 is 1.92 bits per heavy atom. The summed E-state index contributed by atoms with van der Waals surface area (Å²) in [7, 11) is -3.87. The van der Waals surface area contributed by atoms with Crippen LogP contribution in [0.1, 0.15) is 19.3 Å². The average Bonchev–Trinajstić information content (AvgIpc) is 2.79. The van der Waals surface area contributed by atoms with Crippen molar-refractivity contribution in [1.29, 1.82) is 0 Å². The predicted octanol–water partition coefficient (Wildman–Crippen LogP) is 2.36. The van der Waals surface area contributed by atoms with E-state index in [1.165, 1.54) is 4.31 Å². The first-order chi connectivity index (χ1) is 10.9. The normalized spacial score (nSPS) is 24.5. The van der Waals surface area contributed by atoms with Crippen LogP contribution in [0.15, 0.2) is 23.1 Å². The van der Waals surface area contributed by atoms with Gasteiger partial charge in [-0.1, -0.05) is 0 Å². The van der Waals surface area contributed by atoms with Gasteiger partial charge >= 0.3 is 6.61 Å². The van der Waals surface area contributed by atoms with Crippen molar-refractivity contribution < 1.29 is 26.3 Å². The Balaban J connectivity index is 0.00000208. The topological polar surface area (TPSA) is 58.6 Å². The number of ether oxygens (including phenoxy) is 1. The fourth-order valence-corrected chi connectivity index (χ4v) is 4.62. The number of benzene rings is 1. The van der Waals surface area contributed by atoms with Gasteiger partial charge in [-0.25, -0.2) is 12.8 Å². The molecule has 3 rings (SSSR count). The lowest BCUT2D eigenvalue weighted by atomic mass is 10.1. The minimum atomic E-state index is -3.87. The first-order valence-electron chi connectivity index (χ1n) is 7.37. The second kappa shape index (κ2) is 7.47. The highest BCUT2D eigenvalue weighted by Gasteiger charge is 2.35. The van der Waals surface area contributed by atoms with Crippen LogP contribution in [0.4, 0.5) is 13.2 Å². The van der Waals surface area contributed by atoms with Crippen LogP contribution in [0.25, 0.3) is 0 Å². The molecular weight excluding hydrogens is 369 g/mol. The van der Waals surface area contributed by atoms with Crippen LogP contribution in [0, 0.1) is 5.82 Å². The maximum Gasteiger partial charge on any atom is 0.387 e. The molecule has 2 unspecified atom stereocenters. The number of alkyl halides is 2. The molecule has 2 aliphatic heterocycles. The maximum absolute atomic E-state index is 13.8. The van der Waals surface area contributed by atoms with Crippen molar-refractivity contribution >= 4 is 22.4 Å². The van der Waals surface area contributed by atoms with Crippen LogP contribution >= 0.6 is 12.4 Å². The Labute approximate surface area is 144 Å². The number of sulfonamides is 1. The van der Waals surface area contributed by atoms with Gasteiger partial charge in [-0.15, -0.1) is 12.4 Å². The summed E-state index contributed by atoms with van der Waals surface area (Å²) in [4.78, 5) is -0.255. The maximum atomic E-state index is 13.8. The standard InChI is InChI=1S/C14H17F3N2O3S.ClH/c15-12-7-11(3-4-13(12)22-14(16)17)23(20,21)19-6-5-9-1-2-10(8-19)18-9;/h3-4,7,9-10,14,18H,1-2,5-6,8H2;1H. The summed E-state index contributed by atoms with van der Waals surface area (Å²) in [6.07, 6.45) is 2.64. The number of rotatable bonds is 4. The largest absolute Gasteiger partial charge is 0.432 e. The van der Waals surface area contributed by atoms with E-state index in [9.17, 15) is 21.6 Å². The van der Waals surface area contributed by atoms with Crippen molar-refractivity contribution in [2.75, 3.05) is 13.1 Å². The number of hydrogen-bond acceptors (Lipinski definition) is 4. The van der Waals surface area contributed by atoms with E-state index < -0.39 is 28.2 Å². The zero-order valence-corrected chi connectivity index (χ0v) is 14.3.